The van der Waals surface area contributed by atoms with Gasteiger partial charge in [0, 0.05) is 27.4 Å². The molecule has 8 rings (SSSR count). The van der Waals surface area contributed by atoms with Crippen molar-refractivity contribution in [1.29, 1.82) is 0 Å². The molecule has 0 radical (unpaired) electrons. The highest BCUT2D eigenvalue weighted by atomic mass is 16.3. The SMILES string of the molecule is CC1(C)c2ccccc2-c2ccc3c4ccccc4n(-c4cc(-c5ccccc5)c5ocnc5c4)c3c21. The van der Waals surface area contributed by atoms with Gasteiger partial charge in [-0.25, -0.2) is 4.98 Å². The first-order chi connectivity index (χ1) is 18.1. The van der Waals surface area contributed by atoms with Crippen LogP contribution in [0, 0.1) is 0 Å². The summed E-state index contributed by atoms with van der Waals surface area (Å²) in [4.78, 5) is 4.59. The van der Waals surface area contributed by atoms with Crippen molar-refractivity contribution in [2.75, 3.05) is 0 Å². The lowest BCUT2D eigenvalue weighted by atomic mass is 9.81. The van der Waals surface area contributed by atoms with Crippen molar-refractivity contribution in [1.82, 2.24) is 9.55 Å². The zero-order chi connectivity index (χ0) is 24.7. The molecule has 5 aromatic carbocycles. The van der Waals surface area contributed by atoms with Gasteiger partial charge in [-0.15, -0.1) is 0 Å². The molecule has 7 aromatic rings. The average Bonchev–Trinajstić information content (AvgIpc) is 3.60. The van der Waals surface area contributed by atoms with Crippen LogP contribution < -0.4 is 0 Å². The van der Waals surface area contributed by atoms with Crippen LogP contribution in [0.15, 0.2) is 114 Å². The van der Waals surface area contributed by atoms with Gasteiger partial charge < -0.3 is 8.98 Å². The molecule has 0 bridgehead atoms. The van der Waals surface area contributed by atoms with Gasteiger partial charge in [-0.3, -0.25) is 0 Å². The van der Waals surface area contributed by atoms with E-state index in [1.807, 2.05) is 6.07 Å². The maximum Gasteiger partial charge on any atom is 0.182 e. The second kappa shape index (κ2) is 7.21. The number of oxazole rings is 1. The lowest BCUT2D eigenvalue weighted by Gasteiger charge is -2.23. The van der Waals surface area contributed by atoms with Gasteiger partial charge in [0.1, 0.15) is 5.52 Å². The predicted molar refractivity (Wildman–Crippen MR) is 151 cm³/mol. The number of aromatic nitrogens is 2. The van der Waals surface area contributed by atoms with Gasteiger partial charge in [0.05, 0.1) is 11.0 Å². The zero-order valence-corrected chi connectivity index (χ0v) is 20.7. The maximum atomic E-state index is 5.88. The topological polar surface area (TPSA) is 31.0 Å². The third kappa shape index (κ3) is 2.69. The van der Waals surface area contributed by atoms with Crippen LogP contribution in [-0.2, 0) is 5.41 Å². The highest BCUT2D eigenvalue weighted by molar-refractivity contribution is 6.13. The number of nitrogens with zero attached hydrogens (tertiary/aromatic N) is 2. The first-order valence-corrected chi connectivity index (χ1v) is 12.7. The fraction of sp³-hybridized carbons (Fsp3) is 0.0882. The van der Waals surface area contributed by atoms with E-state index in [4.69, 9.17) is 4.42 Å². The summed E-state index contributed by atoms with van der Waals surface area (Å²) in [5.74, 6) is 0. The minimum atomic E-state index is -0.127. The van der Waals surface area contributed by atoms with Crippen molar-refractivity contribution in [2.45, 2.75) is 19.3 Å². The molecule has 1 aliphatic rings. The maximum absolute atomic E-state index is 5.88. The smallest absolute Gasteiger partial charge is 0.182 e. The number of para-hydroxylation sites is 1. The summed E-state index contributed by atoms with van der Waals surface area (Å²) in [7, 11) is 0. The molecular weight excluding hydrogens is 452 g/mol. The number of hydrogen-bond acceptors (Lipinski definition) is 2. The summed E-state index contributed by atoms with van der Waals surface area (Å²) in [5, 5.41) is 2.53. The van der Waals surface area contributed by atoms with Crippen molar-refractivity contribution in [3.63, 3.8) is 0 Å². The highest BCUT2D eigenvalue weighted by Gasteiger charge is 2.38. The second-order valence-electron chi connectivity index (χ2n) is 10.5. The predicted octanol–water partition coefficient (Wildman–Crippen LogP) is 8.90. The summed E-state index contributed by atoms with van der Waals surface area (Å²) >= 11 is 0. The third-order valence-electron chi connectivity index (χ3n) is 8.11. The lowest BCUT2D eigenvalue weighted by molar-refractivity contribution is 0.603. The van der Waals surface area contributed by atoms with Crippen molar-refractivity contribution in [3.05, 3.63) is 121 Å². The molecule has 0 aliphatic heterocycles. The van der Waals surface area contributed by atoms with E-state index >= 15 is 0 Å². The van der Waals surface area contributed by atoms with Gasteiger partial charge in [0.15, 0.2) is 12.0 Å². The Hall–Kier alpha value is -4.63. The molecule has 0 saturated carbocycles. The number of benzene rings is 5. The number of hydrogen-bond donors (Lipinski definition) is 0. The molecule has 0 saturated heterocycles. The normalized spacial score (nSPS) is 13.9. The van der Waals surface area contributed by atoms with Crippen molar-refractivity contribution in [3.8, 4) is 27.9 Å². The fourth-order valence-corrected chi connectivity index (χ4v) is 6.50. The molecule has 3 nitrogen and oxygen atoms in total. The Labute approximate surface area is 214 Å². The van der Waals surface area contributed by atoms with Gasteiger partial charge in [0.2, 0.25) is 0 Å². The molecule has 3 heteroatoms. The van der Waals surface area contributed by atoms with Gasteiger partial charge in [0.25, 0.3) is 0 Å². The Morgan fingerprint density at radius 1 is 0.703 bits per heavy atom. The zero-order valence-electron chi connectivity index (χ0n) is 20.7. The summed E-state index contributed by atoms with van der Waals surface area (Å²) in [6, 6.07) is 37.0. The van der Waals surface area contributed by atoms with E-state index in [9.17, 15) is 0 Å². The third-order valence-corrected chi connectivity index (χ3v) is 8.11. The van der Waals surface area contributed by atoms with E-state index in [0.29, 0.717) is 0 Å². The summed E-state index contributed by atoms with van der Waals surface area (Å²) in [5.41, 5.74) is 12.7. The fourth-order valence-electron chi connectivity index (χ4n) is 6.50. The molecule has 0 amide bonds. The molecule has 37 heavy (non-hydrogen) atoms. The van der Waals surface area contributed by atoms with Gasteiger partial charge >= 0.3 is 0 Å². The molecule has 0 fully saturated rings. The Morgan fingerprint density at radius 3 is 2.38 bits per heavy atom. The molecule has 0 N–H and O–H groups in total. The quantitative estimate of drug-likeness (QED) is 0.249. The van der Waals surface area contributed by atoms with Crippen LogP contribution in [0.5, 0.6) is 0 Å². The van der Waals surface area contributed by atoms with Crippen LogP contribution in [0.2, 0.25) is 0 Å². The molecule has 0 atom stereocenters. The Bertz CT molecular complexity index is 2010. The Morgan fingerprint density at radius 2 is 1.49 bits per heavy atom. The largest absolute Gasteiger partial charge is 0.443 e. The lowest BCUT2D eigenvalue weighted by Crippen LogP contribution is -2.16. The van der Waals surface area contributed by atoms with Crippen LogP contribution in [0.1, 0.15) is 25.0 Å². The summed E-state index contributed by atoms with van der Waals surface area (Å²) in [6.45, 7) is 4.71. The van der Waals surface area contributed by atoms with Crippen LogP contribution in [0.3, 0.4) is 0 Å². The highest BCUT2D eigenvalue weighted by Crippen LogP contribution is 2.53. The number of rotatable bonds is 2. The van der Waals surface area contributed by atoms with E-state index in [0.717, 1.165) is 27.9 Å². The van der Waals surface area contributed by atoms with E-state index < -0.39 is 0 Å². The molecule has 1 aliphatic carbocycles. The molecule has 0 spiro atoms. The standard InChI is InChI=1S/C34H24N2O/c1-34(2)28-14-8-6-12-23(28)25-16-17-26-24-13-7-9-15-30(24)36(32(26)31(25)34)22-18-27(21-10-4-3-5-11-21)33-29(19-22)35-20-37-33/h3-20H,1-2H3. The Kier molecular flexibility index (Phi) is 4.00. The van der Waals surface area contributed by atoms with Crippen molar-refractivity contribution < 1.29 is 4.42 Å². The minimum absolute atomic E-state index is 0.127. The average molecular weight is 477 g/mol. The van der Waals surface area contributed by atoms with E-state index in [1.54, 1.807) is 6.39 Å². The first-order valence-electron chi connectivity index (χ1n) is 12.7. The summed E-state index contributed by atoms with van der Waals surface area (Å²) < 4.78 is 8.32. The van der Waals surface area contributed by atoms with E-state index in [-0.39, 0.29) is 5.41 Å². The van der Waals surface area contributed by atoms with Crippen LogP contribution in [0.4, 0.5) is 0 Å². The van der Waals surface area contributed by atoms with Crippen molar-refractivity contribution >= 4 is 32.9 Å². The molecule has 2 heterocycles. The van der Waals surface area contributed by atoms with E-state index in [2.05, 4.69) is 120 Å². The second-order valence-corrected chi connectivity index (χ2v) is 10.5. The van der Waals surface area contributed by atoms with Crippen LogP contribution >= 0.6 is 0 Å². The monoisotopic (exact) mass is 476 g/mol. The van der Waals surface area contributed by atoms with Gasteiger partial charge in [-0.05, 0) is 46.0 Å². The van der Waals surface area contributed by atoms with Gasteiger partial charge in [-0.1, -0.05) is 98.8 Å². The van der Waals surface area contributed by atoms with E-state index in [1.165, 1.54) is 44.1 Å². The Balaban J connectivity index is 1.54. The molecular formula is C34H24N2O. The summed E-state index contributed by atoms with van der Waals surface area (Å²) in [6.07, 6.45) is 1.55. The molecule has 2 aromatic heterocycles. The van der Waals surface area contributed by atoms with Crippen LogP contribution in [0.25, 0.3) is 60.8 Å². The van der Waals surface area contributed by atoms with Crippen molar-refractivity contribution in [2.24, 2.45) is 0 Å². The minimum Gasteiger partial charge on any atom is -0.443 e. The molecule has 176 valence electrons. The van der Waals surface area contributed by atoms with Gasteiger partial charge in [-0.2, -0.15) is 0 Å². The van der Waals surface area contributed by atoms with Crippen LogP contribution in [-0.4, -0.2) is 9.55 Å². The molecule has 0 unspecified atom stereocenters. The first kappa shape index (κ1) is 20.6. The number of fused-ring (bicyclic) bond motifs is 8.